The quantitative estimate of drug-likeness (QED) is 0.927. The van der Waals surface area contributed by atoms with Crippen LogP contribution in [0.2, 0.25) is 0 Å². The molecule has 1 fully saturated rings. The number of halogens is 1. The number of piperidine rings is 1. The van der Waals surface area contributed by atoms with Crippen LogP contribution < -0.4 is 5.32 Å². The second-order valence-electron chi connectivity index (χ2n) is 5.36. The van der Waals surface area contributed by atoms with Crippen molar-refractivity contribution in [3.63, 3.8) is 0 Å². The fraction of sp³-hybridized carbons (Fsp3) is 0.533. The lowest BCUT2D eigenvalue weighted by Gasteiger charge is -2.27. The molecule has 19 heavy (non-hydrogen) atoms. The Morgan fingerprint density at radius 3 is 2.74 bits per heavy atom. The summed E-state index contributed by atoms with van der Waals surface area (Å²) in [6.07, 6.45) is 2.32. The van der Waals surface area contributed by atoms with Gasteiger partial charge in [-0.3, -0.25) is 4.79 Å². The summed E-state index contributed by atoms with van der Waals surface area (Å²) in [4.78, 5) is 14.3. The third kappa shape index (κ3) is 3.80. The zero-order chi connectivity index (χ0) is 13.8. The summed E-state index contributed by atoms with van der Waals surface area (Å²) in [5.74, 6) is 0.727. The molecule has 0 aliphatic carbocycles. The van der Waals surface area contributed by atoms with E-state index in [-0.39, 0.29) is 5.91 Å². The lowest BCUT2D eigenvalue weighted by molar-refractivity contribution is 0.0762. The Morgan fingerprint density at radius 2 is 2.11 bits per heavy atom. The number of benzene rings is 1. The smallest absolute Gasteiger partial charge is 0.254 e. The first-order valence-electron chi connectivity index (χ1n) is 6.80. The molecule has 3 nitrogen and oxygen atoms in total. The van der Waals surface area contributed by atoms with Crippen LogP contribution in [0.5, 0.6) is 0 Å². The number of aryl methyl sites for hydroxylation is 1. The van der Waals surface area contributed by atoms with Gasteiger partial charge in [0, 0.05) is 18.1 Å². The molecule has 1 aliphatic rings. The second-order valence-corrected chi connectivity index (χ2v) is 6.22. The Balaban J connectivity index is 2.01. The molecule has 4 heteroatoms. The molecule has 1 aliphatic heterocycles. The number of nitrogens with one attached hydrogen (secondary N) is 1. The largest absolute Gasteiger partial charge is 0.341 e. The molecule has 0 spiro atoms. The van der Waals surface area contributed by atoms with Gasteiger partial charge in [0.15, 0.2) is 0 Å². The molecule has 1 amide bonds. The van der Waals surface area contributed by atoms with Gasteiger partial charge in [-0.15, -0.1) is 0 Å². The van der Waals surface area contributed by atoms with E-state index in [1.54, 1.807) is 0 Å². The van der Waals surface area contributed by atoms with Crippen molar-refractivity contribution in [2.75, 3.05) is 26.7 Å². The van der Waals surface area contributed by atoms with Gasteiger partial charge in [0.1, 0.15) is 0 Å². The standard InChI is InChI=1S/C15H21BrN2O/c1-11-3-4-13(14(16)9-11)15(19)18(2)10-12-5-7-17-8-6-12/h3-4,9,12,17H,5-8,10H2,1-2H3. The summed E-state index contributed by atoms with van der Waals surface area (Å²) < 4.78 is 0.884. The topological polar surface area (TPSA) is 32.3 Å². The zero-order valence-electron chi connectivity index (χ0n) is 11.6. The summed E-state index contributed by atoms with van der Waals surface area (Å²) in [6.45, 7) is 5.01. The molecular weight excluding hydrogens is 304 g/mol. The SMILES string of the molecule is Cc1ccc(C(=O)N(C)CC2CCNCC2)c(Br)c1. The maximum Gasteiger partial charge on any atom is 0.254 e. The molecule has 1 heterocycles. The molecule has 1 N–H and O–H groups in total. The van der Waals surface area contributed by atoms with Gasteiger partial charge in [0.2, 0.25) is 0 Å². The molecule has 2 rings (SSSR count). The number of nitrogens with zero attached hydrogens (tertiary/aromatic N) is 1. The average molecular weight is 325 g/mol. The van der Waals surface area contributed by atoms with Gasteiger partial charge >= 0.3 is 0 Å². The van der Waals surface area contributed by atoms with E-state index in [0.29, 0.717) is 5.92 Å². The van der Waals surface area contributed by atoms with Crippen molar-refractivity contribution >= 4 is 21.8 Å². The van der Waals surface area contributed by atoms with Gasteiger partial charge in [-0.05, 0) is 72.4 Å². The third-order valence-electron chi connectivity index (χ3n) is 3.69. The first-order chi connectivity index (χ1) is 9.08. The van der Waals surface area contributed by atoms with Gasteiger partial charge < -0.3 is 10.2 Å². The number of carbonyl (C=O) groups is 1. The normalized spacial score (nSPS) is 16.4. The number of amides is 1. The van der Waals surface area contributed by atoms with Gasteiger partial charge in [-0.2, -0.15) is 0 Å². The number of hydrogen-bond acceptors (Lipinski definition) is 2. The van der Waals surface area contributed by atoms with Crippen LogP contribution >= 0.6 is 15.9 Å². The Morgan fingerprint density at radius 1 is 1.42 bits per heavy atom. The zero-order valence-corrected chi connectivity index (χ0v) is 13.2. The highest BCUT2D eigenvalue weighted by molar-refractivity contribution is 9.10. The van der Waals surface area contributed by atoms with E-state index in [4.69, 9.17) is 0 Å². The van der Waals surface area contributed by atoms with Crippen LogP contribution in [-0.4, -0.2) is 37.5 Å². The molecule has 0 bridgehead atoms. The average Bonchev–Trinajstić information content (AvgIpc) is 2.39. The van der Waals surface area contributed by atoms with Crippen LogP contribution in [-0.2, 0) is 0 Å². The summed E-state index contributed by atoms with van der Waals surface area (Å²) >= 11 is 3.48. The molecule has 0 saturated carbocycles. The molecule has 0 atom stereocenters. The monoisotopic (exact) mass is 324 g/mol. The highest BCUT2D eigenvalue weighted by atomic mass is 79.9. The Bertz CT molecular complexity index is 455. The summed E-state index contributed by atoms with van der Waals surface area (Å²) in [5, 5.41) is 3.35. The van der Waals surface area contributed by atoms with E-state index < -0.39 is 0 Å². The predicted octanol–water partition coefficient (Wildman–Crippen LogP) is 2.83. The van der Waals surface area contributed by atoms with Crippen LogP contribution in [0.4, 0.5) is 0 Å². The van der Waals surface area contributed by atoms with Crippen molar-refractivity contribution in [1.29, 1.82) is 0 Å². The molecule has 1 aromatic rings. The van der Waals surface area contributed by atoms with Gasteiger partial charge in [-0.25, -0.2) is 0 Å². The summed E-state index contributed by atoms with van der Waals surface area (Å²) in [5.41, 5.74) is 1.91. The first kappa shape index (κ1) is 14.5. The minimum atomic E-state index is 0.102. The highest BCUT2D eigenvalue weighted by Crippen LogP contribution is 2.21. The van der Waals surface area contributed by atoms with E-state index in [1.165, 1.54) is 0 Å². The van der Waals surface area contributed by atoms with Crippen LogP contribution in [0.15, 0.2) is 22.7 Å². The van der Waals surface area contributed by atoms with Crippen molar-refractivity contribution in [2.45, 2.75) is 19.8 Å². The van der Waals surface area contributed by atoms with Crippen molar-refractivity contribution in [3.05, 3.63) is 33.8 Å². The highest BCUT2D eigenvalue weighted by Gasteiger charge is 2.20. The number of hydrogen-bond donors (Lipinski definition) is 1. The molecule has 0 unspecified atom stereocenters. The van der Waals surface area contributed by atoms with E-state index >= 15 is 0 Å². The van der Waals surface area contributed by atoms with Crippen LogP contribution in [0.3, 0.4) is 0 Å². The summed E-state index contributed by atoms with van der Waals surface area (Å²) in [7, 11) is 1.90. The summed E-state index contributed by atoms with van der Waals surface area (Å²) in [6, 6.07) is 5.88. The minimum Gasteiger partial charge on any atom is -0.341 e. The van der Waals surface area contributed by atoms with E-state index in [1.807, 2.05) is 37.1 Å². The van der Waals surface area contributed by atoms with Gasteiger partial charge in [0.25, 0.3) is 5.91 Å². The maximum absolute atomic E-state index is 12.4. The van der Waals surface area contributed by atoms with E-state index in [0.717, 1.165) is 48.1 Å². The number of carbonyl (C=O) groups excluding carboxylic acids is 1. The fourth-order valence-corrected chi connectivity index (χ4v) is 3.20. The minimum absolute atomic E-state index is 0.102. The Hall–Kier alpha value is -0.870. The van der Waals surface area contributed by atoms with Crippen molar-refractivity contribution in [1.82, 2.24) is 10.2 Å². The lowest BCUT2D eigenvalue weighted by Crippen LogP contribution is -2.37. The second kappa shape index (κ2) is 6.53. The van der Waals surface area contributed by atoms with Crippen LogP contribution in [0.25, 0.3) is 0 Å². The van der Waals surface area contributed by atoms with E-state index in [2.05, 4.69) is 21.2 Å². The third-order valence-corrected chi connectivity index (χ3v) is 4.35. The predicted molar refractivity (Wildman–Crippen MR) is 81.4 cm³/mol. The van der Waals surface area contributed by atoms with Gasteiger partial charge in [-0.1, -0.05) is 6.07 Å². The van der Waals surface area contributed by atoms with E-state index in [9.17, 15) is 4.79 Å². The fourth-order valence-electron chi connectivity index (χ4n) is 2.53. The Labute approximate surface area is 123 Å². The van der Waals surface area contributed by atoms with Crippen LogP contribution in [0.1, 0.15) is 28.8 Å². The first-order valence-corrected chi connectivity index (χ1v) is 7.59. The molecule has 1 aromatic carbocycles. The maximum atomic E-state index is 12.4. The molecule has 104 valence electrons. The van der Waals surface area contributed by atoms with Crippen molar-refractivity contribution < 1.29 is 4.79 Å². The number of rotatable bonds is 3. The van der Waals surface area contributed by atoms with Crippen molar-refractivity contribution in [2.24, 2.45) is 5.92 Å². The molecule has 0 radical (unpaired) electrons. The molecular formula is C15H21BrN2O. The molecule has 0 aromatic heterocycles. The van der Waals surface area contributed by atoms with Crippen molar-refractivity contribution in [3.8, 4) is 0 Å². The lowest BCUT2D eigenvalue weighted by atomic mass is 9.97. The Kier molecular flexibility index (Phi) is 4.99. The van der Waals surface area contributed by atoms with Gasteiger partial charge in [0.05, 0.1) is 5.56 Å². The van der Waals surface area contributed by atoms with Crippen LogP contribution in [0, 0.1) is 12.8 Å². The molecule has 1 saturated heterocycles.